The van der Waals surface area contributed by atoms with E-state index in [9.17, 15) is 4.79 Å². The van der Waals surface area contributed by atoms with E-state index in [4.69, 9.17) is 5.73 Å². The van der Waals surface area contributed by atoms with Crippen molar-refractivity contribution in [3.05, 3.63) is 35.9 Å². The number of likely N-dealkylation sites (tertiary alicyclic amines) is 1. The summed E-state index contributed by atoms with van der Waals surface area (Å²) in [7, 11) is 0. The van der Waals surface area contributed by atoms with E-state index < -0.39 is 0 Å². The minimum atomic E-state index is 0.0618. The number of carbonyl (C=O) groups is 1. The Kier molecular flexibility index (Phi) is 5.90. The molecule has 2 fully saturated rings. The Morgan fingerprint density at radius 3 is 2.71 bits per heavy atom. The van der Waals surface area contributed by atoms with Crippen LogP contribution in [0.2, 0.25) is 0 Å². The van der Waals surface area contributed by atoms with Crippen LogP contribution in [0.3, 0.4) is 0 Å². The normalized spacial score (nSPS) is 27.5. The third kappa shape index (κ3) is 4.17. The molecule has 2 aliphatic rings. The fourth-order valence-corrected chi connectivity index (χ4v) is 4.26. The standard InChI is InChI=1S/C20H31N3O/c1-2-23(20(24)18-9-6-10-19(18)21)15-17-11-12-22(14-17)13-16-7-4-3-5-8-16/h3-5,7-8,17-19H,2,6,9-15,21H2,1H3/t17-,18-,19-/m1/s1. The van der Waals surface area contributed by atoms with Crippen molar-refractivity contribution in [3.8, 4) is 0 Å². The van der Waals surface area contributed by atoms with Gasteiger partial charge >= 0.3 is 0 Å². The second-order valence-electron chi connectivity index (χ2n) is 7.45. The summed E-state index contributed by atoms with van der Waals surface area (Å²) in [6.07, 6.45) is 4.26. The fraction of sp³-hybridized carbons (Fsp3) is 0.650. The number of nitrogens with zero attached hydrogens (tertiary/aromatic N) is 2. The van der Waals surface area contributed by atoms with Gasteiger partial charge in [0.15, 0.2) is 0 Å². The van der Waals surface area contributed by atoms with Gasteiger partial charge in [-0.25, -0.2) is 0 Å². The summed E-state index contributed by atoms with van der Waals surface area (Å²) in [5.41, 5.74) is 7.51. The van der Waals surface area contributed by atoms with E-state index in [2.05, 4.69) is 47.1 Å². The number of amides is 1. The average Bonchev–Trinajstić information content (AvgIpc) is 3.22. The van der Waals surface area contributed by atoms with Crippen molar-refractivity contribution in [3.63, 3.8) is 0 Å². The number of rotatable bonds is 6. The topological polar surface area (TPSA) is 49.6 Å². The van der Waals surface area contributed by atoms with Crippen LogP contribution in [0, 0.1) is 11.8 Å². The summed E-state index contributed by atoms with van der Waals surface area (Å²) in [5.74, 6) is 0.950. The quantitative estimate of drug-likeness (QED) is 0.872. The van der Waals surface area contributed by atoms with Gasteiger partial charge in [-0.2, -0.15) is 0 Å². The fourth-order valence-electron chi connectivity index (χ4n) is 4.26. The van der Waals surface area contributed by atoms with Crippen LogP contribution in [0.1, 0.15) is 38.2 Å². The Morgan fingerprint density at radius 2 is 2.04 bits per heavy atom. The Hall–Kier alpha value is -1.39. The zero-order valence-corrected chi connectivity index (χ0v) is 14.9. The van der Waals surface area contributed by atoms with Crippen molar-refractivity contribution in [2.24, 2.45) is 17.6 Å². The Morgan fingerprint density at radius 1 is 1.25 bits per heavy atom. The maximum absolute atomic E-state index is 12.8. The van der Waals surface area contributed by atoms with Crippen LogP contribution in [-0.2, 0) is 11.3 Å². The minimum Gasteiger partial charge on any atom is -0.342 e. The molecule has 2 N–H and O–H groups in total. The van der Waals surface area contributed by atoms with Gasteiger partial charge in [0.2, 0.25) is 5.91 Å². The van der Waals surface area contributed by atoms with Gasteiger partial charge in [-0.05, 0) is 44.2 Å². The molecule has 0 unspecified atom stereocenters. The Bertz CT molecular complexity index is 533. The van der Waals surface area contributed by atoms with Crippen LogP contribution in [0.4, 0.5) is 0 Å². The van der Waals surface area contributed by atoms with E-state index in [-0.39, 0.29) is 12.0 Å². The summed E-state index contributed by atoms with van der Waals surface area (Å²) in [6, 6.07) is 10.7. The molecule has 0 spiro atoms. The lowest BCUT2D eigenvalue weighted by Gasteiger charge is -2.28. The predicted molar refractivity (Wildman–Crippen MR) is 97.4 cm³/mol. The second kappa shape index (κ2) is 8.13. The zero-order chi connectivity index (χ0) is 16.9. The molecule has 0 aromatic heterocycles. The monoisotopic (exact) mass is 329 g/mol. The molecule has 4 nitrogen and oxygen atoms in total. The van der Waals surface area contributed by atoms with Crippen LogP contribution in [0.5, 0.6) is 0 Å². The summed E-state index contributed by atoms with van der Waals surface area (Å²) in [5, 5.41) is 0. The second-order valence-corrected chi connectivity index (χ2v) is 7.45. The summed E-state index contributed by atoms with van der Waals surface area (Å²) in [6.45, 7) is 7.03. The molecular weight excluding hydrogens is 298 g/mol. The lowest BCUT2D eigenvalue weighted by molar-refractivity contribution is -0.136. The molecule has 1 aliphatic heterocycles. The molecule has 0 bridgehead atoms. The highest BCUT2D eigenvalue weighted by atomic mass is 16.2. The molecule has 132 valence electrons. The first kappa shape index (κ1) is 17.4. The molecule has 24 heavy (non-hydrogen) atoms. The zero-order valence-electron chi connectivity index (χ0n) is 14.9. The first-order valence-electron chi connectivity index (χ1n) is 9.48. The van der Waals surface area contributed by atoms with Gasteiger partial charge in [0, 0.05) is 32.2 Å². The first-order chi connectivity index (χ1) is 11.7. The Balaban J connectivity index is 1.51. The van der Waals surface area contributed by atoms with Crippen molar-refractivity contribution in [2.75, 3.05) is 26.2 Å². The first-order valence-corrected chi connectivity index (χ1v) is 9.48. The summed E-state index contributed by atoms with van der Waals surface area (Å²) >= 11 is 0. The molecule has 4 heteroatoms. The smallest absolute Gasteiger partial charge is 0.227 e. The van der Waals surface area contributed by atoms with Gasteiger partial charge in [0.1, 0.15) is 0 Å². The van der Waals surface area contributed by atoms with Crippen molar-refractivity contribution in [1.82, 2.24) is 9.80 Å². The van der Waals surface area contributed by atoms with E-state index in [0.29, 0.717) is 11.8 Å². The van der Waals surface area contributed by atoms with Crippen LogP contribution in [0.25, 0.3) is 0 Å². The van der Waals surface area contributed by atoms with Crippen molar-refractivity contribution < 1.29 is 4.79 Å². The van der Waals surface area contributed by atoms with E-state index in [1.54, 1.807) is 0 Å². The van der Waals surface area contributed by atoms with Crippen LogP contribution in [-0.4, -0.2) is 47.9 Å². The number of hydrogen-bond acceptors (Lipinski definition) is 3. The third-order valence-electron chi connectivity index (χ3n) is 5.68. The predicted octanol–water partition coefficient (Wildman–Crippen LogP) is 2.48. The van der Waals surface area contributed by atoms with Crippen LogP contribution >= 0.6 is 0 Å². The van der Waals surface area contributed by atoms with E-state index >= 15 is 0 Å². The molecule has 0 radical (unpaired) electrons. The summed E-state index contributed by atoms with van der Waals surface area (Å²) in [4.78, 5) is 17.4. The van der Waals surface area contributed by atoms with Crippen LogP contribution < -0.4 is 5.73 Å². The van der Waals surface area contributed by atoms with Crippen molar-refractivity contribution >= 4 is 5.91 Å². The third-order valence-corrected chi connectivity index (χ3v) is 5.68. The largest absolute Gasteiger partial charge is 0.342 e. The lowest BCUT2D eigenvalue weighted by atomic mass is 10.0. The average molecular weight is 329 g/mol. The highest BCUT2D eigenvalue weighted by Crippen LogP contribution is 2.27. The molecule has 1 amide bonds. The SMILES string of the molecule is CCN(C[C@@H]1CCN(Cc2ccccc2)C1)C(=O)[C@@H]1CCC[C@H]1N. The minimum absolute atomic E-state index is 0.0618. The summed E-state index contributed by atoms with van der Waals surface area (Å²) < 4.78 is 0. The van der Waals surface area contributed by atoms with E-state index in [0.717, 1.165) is 52.0 Å². The highest BCUT2D eigenvalue weighted by Gasteiger charge is 2.34. The number of hydrogen-bond donors (Lipinski definition) is 1. The lowest BCUT2D eigenvalue weighted by Crippen LogP contribution is -2.44. The van der Waals surface area contributed by atoms with Gasteiger partial charge < -0.3 is 10.6 Å². The van der Waals surface area contributed by atoms with Crippen molar-refractivity contribution in [1.29, 1.82) is 0 Å². The van der Waals surface area contributed by atoms with Gasteiger partial charge in [0.05, 0.1) is 5.92 Å². The van der Waals surface area contributed by atoms with E-state index in [1.165, 1.54) is 12.0 Å². The van der Waals surface area contributed by atoms with Gasteiger partial charge in [-0.15, -0.1) is 0 Å². The van der Waals surface area contributed by atoms with Gasteiger partial charge in [0.25, 0.3) is 0 Å². The van der Waals surface area contributed by atoms with Crippen molar-refractivity contribution in [2.45, 2.75) is 45.2 Å². The molecule has 1 saturated carbocycles. The number of carbonyl (C=O) groups excluding carboxylic acids is 1. The molecule has 1 aromatic rings. The maximum atomic E-state index is 12.8. The number of nitrogens with two attached hydrogens (primary N) is 1. The molecule has 1 saturated heterocycles. The Labute approximate surface area is 146 Å². The molecule has 1 heterocycles. The highest BCUT2D eigenvalue weighted by molar-refractivity contribution is 5.79. The van der Waals surface area contributed by atoms with Gasteiger partial charge in [-0.1, -0.05) is 36.8 Å². The molecular formula is C20H31N3O. The molecule has 3 rings (SSSR count). The molecule has 3 atom stereocenters. The molecule has 1 aromatic carbocycles. The van der Waals surface area contributed by atoms with E-state index in [1.807, 2.05) is 0 Å². The van der Waals surface area contributed by atoms with Crippen LogP contribution in [0.15, 0.2) is 30.3 Å². The van der Waals surface area contributed by atoms with Gasteiger partial charge in [-0.3, -0.25) is 9.69 Å². The maximum Gasteiger partial charge on any atom is 0.227 e. The molecule has 1 aliphatic carbocycles. The number of benzene rings is 1.